The predicted molar refractivity (Wildman–Crippen MR) is 102 cm³/mol. The van der Waals surface area contributed by atoms with Crippen molar-refractivity contribution in [1.82, 2.24) is 19.9 Å². The van der Waals surface area contributed by atoms with Crippen molar-refractivity contribution in [3.8, 4) is 0 Å². The molecule has 0 aliphatic carbocycles. The van der Waals surface area contributed by atoms with Crippen molar-refractivity contribution in [2.75, 3.05) is 36.4 Å². The summed E-state index contributed by atoms with van der Waals surface area (Å²) in [5.41, 5.74) is 2.22. The third-order valence-electron chi connectivity index (χ3n) is 4.16. The molecule has 7 heteroatoms. The first-order valence-electron chi connectivity index (χ1n) is 8.68. The summed E-state index contributed by atoms with van der Waals surface area (Å²) in [6.45, 7) is 10.8. The summed E-state index contributed by atoms with van der Waals surface area (Å²) in [7, 11) is 0. The van der Waals surface area contributed by atoms with Crippen LogP contribution in [0.25, 0.3) is 0 Å². The first kappa shape index (κ1) is 17.9. The summed E-state index contributed by atoms with van der Waals surface area (Å²) < 4.78 is 0. The molecule has 3 rings (SSSR count). The van der Waals surface area contributed by atoms with Gasteiger partial charge in [-0.1, -0.05) is 11.6 Å². The lowest BCUT2D eigenvalue weighted by Gasteiger charge is -2.35. The van der Waals surface area contributed by atoms with E-state index in [1.165, 1.54) is 0 Å². The van der Waals surface area contributed by atoms with Gasteiger partial charge in [0.1, 0.15) is 5.82 Å². The normalized spacial score (nSPS) is 15.6. The predicted octanol–water partition coefficient (Wildman–Crippen LogP) is 2.98. The second-order valence-electron chi connectivity index (χ2n) is 6.80. The molecule has 25 heavy (non-hydrogen) atoms. The Morgan fingerprint density at radius 2 is 1.76 bits per heavy atom. The Hall–Kier alpha value is -1.92. The second kappa shape index (κ2) is 7.97. The van der Waals surface area contributed by atoms with Crippen LogP contribution >= 0.6 is 11.6 Å². The lowest BCUT2D eigenvalue weighted by molar-refractivity contribution is 0.249. The Labute approximate surface area is 154 Å². The van der Waals surface area contributed by atoms with Gasteiger partial charge >= 0.3 is 0 Å². The maximum absolute atomic E-state index is 6.34. The summed E-state index contributed by atoms with van der Waals surface area (Å²) in [6.07, 6.45) is 5.68. The van der Waals surface area contributed by atoms with Crippen molar-refractivity contribution in [1.29, 1.82) is 0 Å². The third-order valence-corrected chi connectivity index (χ3v) is 4.44. The SMILES string of the molecule is Cc1cnc(N2CCN(Cc3cnc(NC(C)C)nc3)CC2)c(Cl)c1. The van der Waals surface area contributed by atoms with E-state index in [0.29, 0.717) is 12.0 Å². The van der Waals surface area contributed by atoms with Gasteiger partial charge in [-0.25, -0.2) is 15.0 Å². The molecular formula is C18H25ClN6. The molecular weight excluding hydrogens is 336 g/mol. The van der Waals surface area contributed by atoms with Crippen LogP contribution in [0.15, 0.2) is 24.7 Å². The number of hydrogen-bond acceptors (Lipinski definition) is 6. The van der Waals surface area contributed by atoms with Crippen molar-refractivity contribution >= 4 is 23.4 Å². The summed E-state index contributed by atoms with van der Waals surface area (Å²) in [5, 5.41) is 3.94. The Morgan fingerprint density at radius 3 is 2.36 bits per heavy atom. The molecule has 1 aliphatic heterocycles. The third kappa shape index (κ3) is 4.80. The van der Waals surface area contributed by atoms with E-state index in [2.05, 4.69) is 43.9 Å². The van der Waals surface area contributed by atoms with Crippen LogP contribution in [0.5, 0.6) is 0 Å². The number of anilines is 2. The molecule has 134 valence electrons. The molecule has 0 spiro atoms. The van der Waals surface area contributed by atoms with Crippen molar-refractivity contribution in [3.05, 3.63) is 40.8 Å². The molecule has 6 nitrogen and oxygen atoms in total. The van der Waals surface area contributed by atoms with Crippen LogP contribution in [-0.2, 0) is 6.54 Å². The smallest absolute Gasteiger partial charge is 0.222 e. The molecule has 0 atom stereocenters. The summed E-state index contributed by atoms with van der Waals surface area (Å²) >= 11 is 6.34. The van der Waals surface area contributed by atoms with Gasteiger partial charge in [0.15, 0.2) is 0 Å². The van der Waals surface area contributed by atoms with Gasteiger partial charge in [0, 0.05) is 62.9 Å². The number of nitrogens with one attached hydrogen (secondary N) is 1. The lowest BCUT2D eigenvalue weighted by atomic mass is 10.2. The molecule has 1 aliphatic rings. The molecule has 0 amide bonds. The molecule has 0 radical (unpaired) electrons. The fourth-order valence-corrected chi connectivity index (χ4v) is 3.24. The zero-order chi connectivity index (χ0) is 17.8. The highest BCUT2D eigenvalue weighted by Crippen LogP contribution is 2.25. The van der Waals surface area contributed by atoms with Gasteiger partial charge in [-0.05, 0) is 32.4 Å². The van der Waals surface area contributed by atoms with Crippen molar-refractivity contribution in [2.24, 2.45) is 0 Å². The molecule has 3 heterocycles. The standard InChI is InChI=1S/C18H25ClN6/c1-13(2)23-18-21-10-15(11-22-18)12-24-4-6-25(7-5-24)17-16(19)8-14(3)9-20-17/h8-11,13H,4-7,12H2,1-3H3,(H,21,22,23). The van der Waals surface area contributed by atoms with E-state index < -0.39 is 0 Å². The number of nitrogens with zero attached hydrogens (tertiary/aromatic N) is 5. The molecule has 0 unspecified atom stereocenters. The Balaban J connectivity index is 1.54. The molecule has 1 fully saturated rings. The van der Waals surface area contributed by atoms with E-state index in [9.17, 15) is 0 Å². The van der Waals surface area contributed by atoms with Gasteiger partial charge in [0.25, 0.3) is 0 Å². The first-order chi connectivity index (χ1) is 12.0. The fraction of sp³-hybridized carbons (Fsp3) is 0.500. The number of aryl methyl sites for hydroxylation is 1. The zero-order valence-electron chi connectivity index (χ0n) is 15.0. The summed E-state index contributed by atoms with van der Waals surface area (Å²) in [6, 6.07) is 2.31. The zero-order valence-corrected chi connectivity index (χ0v) is 15.8. The molecule has 1 saturated heterocycles. The Kier molecular flexibility index (Phi) is 5.71. The molecule has 2 aromatic rings. The second-order valence-corrected chi connectivity index (χ2v) is 7.20. The van der Waals surface area contributed by atoms with Gasteiger partial charge in [0.2, 0.25) is 5.95 Å². The van der Waals surface area contributed by atoms with Gasteiger partial charge in [-0.3, -0.25) is 4.90 Å². The van der Waals surface area contributed by atoms with Gasteiger partial charge in [0.05, 0.1) is 5.02 Å². The molecule has 0 bridgehead atoms. The van der Waals surface area contributed by atoms with Crippen LogP contribution in [0.1, 0.15) is 25.0 Å². The number of rotatable bonds is 5. The monoisotopic (exact) mass is 360 g/mol. The average molecular weight is 361 g/mol. The Bertz CT molecular complexity index is 695. The van der Waals surface area contributed by atoms with E-state index in [4.69, 9.17) is 11.6 Å². The topological polar surface area (TPSA) is 57.2 Å². The van der Waals surface area contributed by atoms with E-state index in [1.807, 2.05) is 31.6 Å². The van der Waals surface area contributed by atoms with Gasteiger partial charge in [-0.2, -0.15) is 0 Å². The molecule has 1 N–H and O–H groups in total. The van der Waals surface area contributed by atoms with E-state index >= 15 is 0 Å². The highest BCUT2D eigenvalue weighted by Gasteiger charge is 2.20. The minimum atomic E-state index is 0.334. The van der Waals surface area contributed by atoms with Crippen LogP contribution in [0, 0.1) is 6.92 Å². The van der Waals surface area contributed by atoms with Crippen LogP contribution in [-0.4, -0.2) is 52.1 Å². The van der Waals surface area contributed by atoms with Crippen molar-refractivity contribution in [3.63, 3.8) is 0 Å². The number of pyridine rings is 1. The molecule has 0 saturated carbocycles. The fourth-order valence-electron chi connectivity index (χ4n) is 2.90. The maximum atomic E-state index is 6.34. The van der Waals surface area contributed by atoms with Crippen LogP contribution in [0.2, 0.25) is 5.02 Å². The molecule has 0 aromatic carbocycles. The minimum Gasteiger partial charge on any atom is -0.353 e. The van der Waals surface area contributed by atoms with Crippen molar-refractivity contribution in [2.45, 2.75) is 33.4 Å². The van der Waals surface area contributed by atoms with Gasteiger partial charge in [-0.15, -0.1) is 0 Å². The van der Waals surface area contributed by atoms with Crippen LogP contribution in [0.4, 0.5) is 11.8 Å². The molecule has 2 aromatic heterocycles. The van der Waals surface area contributed by atoms with E-state index in [0.717, 1.165) is 54.7 Å². The van der Waals surface area contributed by atoms with E-state index in [1.54, 1.807) is 0 Å². The summed E-state index contributed by atoms with van der Waals surface area (Å²) in [4.78, 5) is 17.9. The number of halogens is 1. The number of hydrogen-bond donors (Lipinski definition) is 1. The van der Waals surface area contributed by atoms with Crippen LogP contribution < -0.4 is 10.2 Å². The van der Waals surface area contributed by atoms with E-state index in [-0.39, 0.29) is 0 Å². The highest BCUT2D eigenvalue weighted by molar-refractivity contribution is 6.33. The quantitative estimate of drug-likeness (QED) is 0.884. The highest BCUT2D eigenvalue weighted by atomic mass is 35.5. The maximum Gasteiger partial charge on any atom is 0.222 e. The summed E-state index contributed by atoms with van der Waals surface area (Å²) in [5.74, 6) is 1.57. The lowest BCUT2D eigenvalue weighted by Crippen LogP contribution is -2.46. The minimum absolute atomic E-state index is 0.334. The number of aromatic nitrogens is 3. The largest absolute Gasteiger partial charge is 0.353 e. The van der Waals surface area contributed by atoms with Gasteiger partial charge < -0.3 is 10.2 Å². The number of piperazine rings is 1. The average Bonchev–Trinajstić information content (AvgIpc) is 2.57. The Morgan fingerprint density at radius 1 is 1.08 bits per heavy atom. The first-order valence-corrected chi connectivity index (χ1v) is 9.06. The van der Waals surface area contributed by atoms with Crippen molar-refractivity contribution < 1.29 is 0 Å². The van der Waals surface area contributed by atoms with Crippen LogP contribution in [0.3, 0.4) is 0 Å².